The first kappa shape index (κ1) is 20.9. The second-order valence-electron chi connectivity index (χ2n) is 6.98. The molecule has 1 aromatic carbocycles. The van der Waals surface area contributed by atoms with Gasteiger partial charge in [0.1, 0.15) is 12.1 Å². The Labute approximate surface area is 170 Å². The maximum absolute atomic E-state index is 12.9. The smallest absolute Gasteiger partial charge is 0.323 e. The lowest BCUT2D eigenvalue weighted by atomic mass is 9.73. The van der Waals surface area contributed by atoms with Gasteiger partial charge in [-0.05, 0) is 30.9 Å². The predicted molar refractivity (Wildman–Crippen MR) is 103 cm³/mol. The maximum Gasteiger partial charge on any atom is 0.325 e. The molecule has 1 aliphatic heterocycles. The van der Waals surface area contributed by atoms with Gasteiger partial charge in [0.05, 0.1) is 15.6 Å². The molecule has 2 aliphatic rings. The number of hydrogen-bond acceptors (Lipinski definition) is 4. The van der Waals surface area contributed by atoms with Crippen LogP contribution in [0.3, 0.4) is 0 Å². The zero-order valence-corrected chi connectivity index (χ0v) is 16.7. The Kier molecular flexibility index (Phi) is 6.14. The van der Waals surface area contributed by atoms with Crippen LogP contribution in [-0.4, -0.2) is 40.6 Å². The number of hydrogen-bond donors (Lipinski definition) is 2. The summed E-state index contributed by atoms with van der Waals surface area (Å²) in [5.74, 6) is -3.81. The molecule has 2 N–H and O–H groups in total. The van der Waals surface area contributed by atoms with Crippen LogP contribution in [0.25, 0.3) is 0 Å². The zero-order chi connectivity index (χ0) is 20.5. The lowest BCUT2D eigenvalue weighted by Gasteiger charge is -2.36. The molecule has 6 nitrogen and oxygen atoms in total. The highest BCUT2D eigenvalue weighted by atomic mass is 35.5. The monoisotopic (exact) mass is 431 g/mol. The molecule has 1 saturated heterocycles. The number of nitrogens with one attached hydrogen (secondary N) is 2. The normalized spacial score (nSPS) is 24.8. The highest BCUT2D eigenvalue weighted by Crippen LogP contribution is 2.39. The van der Waals surface area contributed by atoms with E-state index in [0.29, 0.717) is 6.42 Å². The van der Waals surface area contributed by atoms with Crippen LogP contribution in [0.1, 0.15) is 32.6 Å². The summed E-state index contributed by atoms with van der Waals surface area (Å²) in [6.07, 6.45) is 3.18. The molecule has 1 heterocycles. The third kappa shape index (κ3) is 3.96. The molecule has 1 spiro atoms. The standard InChI is InChI=1S/C18H20ClF2N3O3S/c1-10-5-2-3-8-18(10)15(26)24(17(27)23-18)9-13(25)22-12-7-4-6-11(19)14(12)28-16(20)21/h4,6-7,10,16H,2-3,5,8-9H2,1H3,(H,22,25)(H,23,27). The number of rotatable bonds is 5. The SMILES string of the molecule is CC1CCCCC12NC(=O)N(CC(=O)Nc1cccc(Cl)c1SC(F)F)C2=O. The molecule has 28 heavy (non-hydrogen) atoms. The number of anilines is 1. The van der Waals surface area contributed by atoms with Crippen molar-refractivity contribution in [3.05, 3.63) is 23.2 Å². The summed E-state index contributed by atoms with van der Waals surface area (Å²) in [6, 6.07) is 3.78. The van der Waals surface area contributed by atoms with Crippen LogP contribution < -0.4 is 10.6 Å². The van der Waals surface area contributed by atoms with E-state index in [1.807, 2.05) is 6.92 Å². The van der Waals surface area contributed by atoms with E-state index >= 15 is 0 Å². The van der Waals surface area contributed by atoms with Crippen molar-refractivity contribution in [2.45, 2.75) is 48.8 Å². The summed E-state index contributed by atoms with van der Waals surface area (Å²) in [4.78, 5) is 38.6. The van der Waals surface area contributed by atoms with Gasteiger partial charge >= 0.3 is 6.03 Å². The van der Waals surface area contributed by atoms with Crippen molar-refractivity contribution in [3.63, 3.8) is 0 Å². The van der Waals surface area contributed by atoms with Crippen LogP contribution in [0, 0.1) is 5.92 Å². The number of halogens is 3. The summed E-state index contributed by atoms with van der Waals surface area (Å²) < 4.78 is 25.5. The van der Waals surface area contributed by atoms with E-state index in [4.69, 9.17) is 11.6 Å². The first-order chi connectivity index (χ1) is 13.2. The fourth-order valence-electron chi connectivity index (χ4n) is 3.79. The average molecular weight is 432 g/mol. The molecule has 2 fully saturated rings. The van der Waals surface area contributed by atoms with Gasteiger partial charge in [0.25, 0.3) is 11.7 Å². The topological polar surface area (TPSA) is 78.5 Å². The summed E-state index contributed by atoms with van der Waals surface area (Å²) in [5, 5.41) is 5.32. The summed E-state index contributed by atoms with van der Waals surface area (Å²) in [7, 11) is 0. The number of amides is 4. The summed E-state index contributed by atoms with van der Waals surface area (Å²) >= 11 is 6.17. The van der Waals surface area contributed by atoms with E-state index in [-0.39, 0.29) is 33.3 Å². The fourth-order valence-corrected chi connectivity index (χ4v) is 4.70. The van der Waals surface area contributed by atoms with Gasteiger partial charge in [-0.2, -0.15) is 8.78 Å². The maximum atomic E-state index is 12.9. The largest absolute Gasteiger partial charge is 0.325 e. The molecule has 0 bridgehead atoms. The van der Waals surface area contributed by atoms with E-state index in [1.165, 1.54) is 18.2 Å². The van der Waals surface area contributed by atoms with Crippen LogP contribution in [0.15, 0.2) is 23.1 Å². The van der Waals surface area contributed by atoms with Gasteiger partial charge in [0.2, 0.25) is 5.91 Å². The van der Waals surface area contributed by atoms with Gasteiger partial charge in [0, 0.05) is 0 Å². The summed E-state index contributed by atoms with van der Waals surface area (Å²) in [6.45, 7) is 1.42. The quantitative estimate of drug-likeness (QED) is 0.543. The van der Waals surface area contributed by atoms with Gasteiger partial charge in [-0.3, -0.25) is 14.5 Å². The molecular weight excluding hydrogens is 412 g/mol. The van der Waals surface area contributed by atoms with Gasteiger partial charge in [-0.1, -0.05) is 49.2 Å². The third-order valence-corrected chi connectivity index (χ3v) is 6.53. The van der Waals surface area contributed by atoms with Crippen molar-refractivity contribution >= 4 is 46.9 Å². The lowest BCUT2D eigenvalue weighted by molar-refractivity contribution is -0.136. The van der Waals surface area contributed by atoms with Crippen molar-refractivity contribution in [1.82, 2.24) is 10.2 Å². The molecule has 2 atom stereocenters. The minimum atomic E-state index is -2.71. The number of urea groups is 1. The highest BCUT2D eigenvalue weighted by molar-refractivity contribution is 7.99. The molecule has 1 saturated carbocycles. The predicted octanol–water partition coefficient (Wildman–Crippen LogP) is 4.09. The third-order valence-electron chi connectivity index (χ3n) is 5.25. The minimum Gasteiger partial charge on any atom is -0.323 e. The van der Waals surface area contributed by atoms with Crippen LogP contribution in [0.5, 0.6) is 0 Å². The van der Waals surface area contributed by atoms with Crippen molar-refractivity contribution in [3.8, 4) is 0 Å². The number of thioether (sulfide) groups is 1. The van der Waals surface area contributed by atoms with Crippen LogP contribution in [0.2, 0.25) is 5.02 Å². The van der Waals surface area contributed by atoms with E-state index in [1.54, 1.807) is 0 Å². The van der Waals surface area contributed by atoms with E-state index < -0.39 is 35.7 Å². The van der Waals surface area contributed by atoms with Gasteiger partial charge in [-0.15, -0.1) is 0 Å². The van der Waals surface area contributed by atoms with Crippen LogP contribution >= 0.6 is 23.4 Å². The minimum absolute atomic E-state index is 0.0206. The number of carbonyl (C=O) groups excluding carboxylic acids is 3. The Hall–Kier alpha value is -1.87. The van der Waals surface area contributed by atoms with Crippen molar-refractivity contribution in [2.24, 2.45) is 5.92 Å². The molecule has 2 unspecified atom stereocenters. The molecule has 1 aliphatic carbocycles. The summed E-state index contributed by atoms with van der Waals surface area (Å²) in [5.41, 5.74) is -0.849. The Morgan fingerprint density at radius 2 is 2.18 bits per heavy atom. The highest BCUT2D eigenvalue weighted by Gasteiger charge is 2.55. The number of nitrogens with zero attached hydrogens (tertiary/aromatic N) is 1. The molecular formula is C18H20ClF2N3O3S. The Bertz CT molecular complexity index is 810. The van der Waals surface area contributed by atoms with Gasteiger partial charge in [-0.25, -0.2) is 4.79 Å². The fraction of sp³-hybridized carbons (Fsp3) is 0.500. The number of carbonyl (C=O) groups is 3. The van der Waals surface area contributed by atoms with E-state index in [0.717, 1.165) is 24.2 Å². The second-order valence-corrected chi connectivity index (χ2v) is 8.39. The van der Waals surface area contributed by atoms with E-state index in [9.17, 15) is 23.2 Å². The molecule has 0 radical (unpaired) electrons. The number of benzene rings is 1. The van der Waals surface area contributed by atoms with E-state index in [2.05, 4.69) is 10.6 Å². The molecule has 152 valence electrons. The molecule has 4 amide bonds. The van der Waals surface area contributed by atoms with Gasteiger partial charge < -0.3 is 10.6 Å². The zero-order valence-electron chi connectivity index (χ0n) is 15.1. The van der Waals surface area contributed by atoms with Gasteiger partial charge in [0.15, 0.2) is 0 Å². The van der Waals surface area contributed by atoms with Crippen molar-refractivity contribution in [1.29, 1.82) is 0 Å². The number of alkyl halides is 2. The molecule has 1 aromatic rings. The molecule has 0 aromatic heterocycles. The first-order valence-corrected chi connectivity index (χ1v) is 10.2. The average Bonchev–Trinajstić information content (AvgIpc) is 2.85. The Balaban J connectivity index is 1.73. The van der Waals surface area contributed by atoms with Crippen LogP contribution in [-0.2, 0) is 9.59 Å². The van der Waals surface area contributed by atoms with Crippen molar-refractivity contribution < 1.29 is 23.2 Å². The molecule has 10 heteroatoms. The second kappa shape index (κ2) is 8.24. The number of imide groups is 1. The molecule has 3 rings (SSSR count). The van der Waals surface area contributed by atoms with Crippen molar-refractivity contribution in [2.75, 3.05) is 11.9 Å². The lowest BCUT2D eigenvalue weighted by Crippen LogP contribution is -2.54. The Morgan fingerprint density at radius 3 is 2.86 bits per heavy atom. The van der Waals surface area contributed by atoms with Crippen LogP contribution in [0.4, 0.5) is 19.3 Å². The Morgan fingerprint density at radius 1 is 1.43 bits per heavy atom. The first-order valence-electron chi connectivity index (χ1n) is 8.92.